The molecule has 3 aromatic rings. The number of aromatic nitrogens is 1. The first-order valence-corrected chi connectivity index (χ1v) is 9.85. The summed E-state index contributed by atoms with van der Waals surface area (Å²) in [6.07, 6.45) is 3.17. The lowest BCUT2D eigenvalue weighted by molar-refractivity contribution is 0.0953. The Bertz CT molecular complexity index is 1120. The van der Waals surface area contributed by atoms with E-state index in [0.29, 0.717) is 10.8 Å². The van der Waals surface area contributed by atoms with Gasteiger partial charge in [0.2, 0.25) is 0 Å². The minimum Gasteiger partial charge on any atom is -0.491 e. The van der Waals surface area contributed by atoms with Gasteiger partial charge in [0.1, 0.15) is 11.3 Å². The summed E-state index contributed by atoms with van der Waals surface area (Å²) in [5, 5.41) is 4.52. The van der Waals surface area contributed by atoms with Crippen LogP contribution >= 0.6 is 11.6 Å². The zero-order valence-corrected chi connectivity index (χ0v) is 17.5. The Balaban J connectivity index is 1.71. The molecule has 2 aromatic carbocycles. The molecule has 0 radical (unpaired) electrons. The van der Waals surface area contributed by atoms with Gasteiger partial charge < -0.3 is 9.30 Å². The molecular formula is C23H22ClN3O3. The molecule has 0 aliphatic heterocycles. The Kier molecular flexibility index (Phi) is 7.03. The van der Waals surface area contributed by atoms with Crippen LogP contribution in [0, 0.1) is 0 Å². The predicted octanol–water partition coefficient (Wildman–Crippen LogP) is 4.10. The third-order valence-electron chi connectivity index (χ3n) is 4.17. The highest BCUT2D eigenvalue weighted by Crippen LogP contribution is 2.16. The molecule has 0 aliphatic rings. The van der Waals surface area contributed by atoms with Crippen molar-refractivity contribution in [2.24, 2.45) is 5.10 Å². The van der Waals surface area contributed by atoms with Gasteiger partial charge in [-0.25, -0.2) is 5.43 Å². The topological polar surface area (TPSA) is 72.7 Å². The molecule has 30 heavy (non-hydrogen) atoms. The number of ether oxygens (including phenoxy) is 1. The quantitative estimate of drug-likeness (QED) is 0.459. The van der Waals surface area contributed by atoms with Gasteiger partial charge in [-0.15, -0.1) is 0 Å². The van der Waals surface area contributed by atoms with Crippen molar-refractivity contribution in [1.82, 2.24) is 9.99 Å². The first kappa shape index (κ1) is 21.3. The molecule has 0 aliphatic carbocycles. The van der Waals surface area contributed by atoms with Gasteiger partial charge in [-0.1, -0.05) is 41.9 Å². The minimum atomic E-state index is -0.584. The van der Waals surface area contributed by atoms with Crippen LogP contribution in [0.5, 0.6) is 5.75 Å². The molecule has 154 valence electrons. The lowest BCUT2D eigenvalue weighted by atomic mass is 10.2. The van der Waals surface area contributed by atoms with Crippen molar-refractivity contribution in [2.75, 3.05) is 0 Å². The van der Waals surface area contributed by atoms with E-state index in [1.165, 1.54) is 16.8 Å². The molecular weight excluding hydrogens is 402 g/mol. The van der Waals surface area contributed by atoms with Crippen LogP contribution in [-0.4, -0.2) is 22.8 Å². The summed E-state index contributed by atoms with van der Waals surface area (Å²) in [4.78, 5) is 25.1. The maximum absolute atomic E-state index is 12.7. The zero-order valence-electron chi connectivity index (χ0n) is 16.7. The average molecular weight is 424 g/mol. The number of nitrogens with one attached hydrogen (secondary N) is 1. The van der Waals surface area contributed by atoms with E-state index in [0.717, 1.165) is 11.1 Å². The van der Waals surface area contributed by atoms with E-state index in [2.05, 4.69) is 10.5 Å². The van der Waals surface area contributed by atoms with E-state index in [1.807, 2.05) is 56.3 Å². The summed E-state index contributed by atoms with van der Waals surface area (Å²) < 4.78 is 7.07. The summed E-state index contributed by atoms with van der Waals surface area (Å²) in [5.41, 5.74) is 3.53. The Morgan fingerprint density at radius 1 is 1.17 bits per heavy atom. The Labute approximate surface area is 179 Å². The first-order valence-electron chi connectivity index (χ1n) is 9.47. The van der Waals surface area contributed by atoms with Crippen molar-refractivity contribution >= 4 is 23.7 Å². The molecule has 0 atom stereocenters. The highest BCUT2D eigenvalue weighted by molar-refractivity contribution is 6.31. The third kappa shape index (κ3) is 5.58. The number of hydrogen-bond donors (Lipinski definition) is 1. The van der Waals surface area contributed by atoms with E-state index in [-0.39, 0.29) is 18.2 Å². The predicted molar refractivity (Wildman–Crippen MR) is 119 cm³/mol. The SMILES string of the molecule is CC(C)Oc1cccc(/C=N\NC(=O)c2cccn(Cc3ccccc3Cl)c2=O)c1. The van der Waals surface area contributed by atoms with Crippen molar-refractivity contribution in [1.29, 1.82) is 0 Å². The maximum atomic E-state index is 12.7. The number of carbonyl (C=O) groups excluding carboxylic acids is 1. The second-order valence-corrected chi connectivity index (χ2v) is 7.29. The highest BCUT2D eigenvalue weighted by Gasteiger charge is 2.12. The number of hydrogen-bond acceptors (Lipinski definition) is 4. The van der Waals surface area contributed by atoms with Crippen molar-refractivity contribution in [2.45, 2.75) is 26.5 Å². The molecule has 3 rings (SSSR count). The van der Waals surface area contributed by atoms with Crippen LogP contribution in [0.25, 0.3) is 0 Å². The number of halogens is 1. The number of nitrogens with zero attached hydrogens (tertiary/aromatic N) is 2. The normalized spacial score (nSPS) is 11.1. The van der Waals surface area contributed by atoms with Gasteiger partial charge in [0, 0.05) is 11.2 Å². The molecule has 0 bridgehead atoms. The Morgan fingerprint density at radius 2 is 1.97 bits per heavy atom. The fraction of sp³-hybridized carbons (Fsp3) is 0.174. The van der Waals surface area contributed by atoms with Crippen molar-refractivity contribution in [3.05, 3.63) is 98.9 Å². The van der Waals surface area contributed by atoms with Gasteiger partial charge in [-0.2, -0.15) is 5.10 Å². The number of rotatable bonds is 7. The van der Waals surface area contributed by atoms with Crippen LogP contribution in [0.4, 0.5) is 0 Å². The first-order chi connectivity index (χ1) is 14.4. The van der Waals surface area contributed by atoms with Gasteiger partial charge in [0.15, 0.2) is 0 Å². The molecule has 1 aromatic heterocycles. The fourth-order valence-electron chi connectivity index (χ4n) is 2.81. The monoisotopic (exact) mass is 423 g/mol. The minimum absolute atomic E-state index is 0.00130. The summed E-state index contributed by atoms with van der Waals surface area (Å²) in [6.45, 7) is 4.16. The Hall–Kier alpha value is -3.38. The molecule has 0 spiro atoms. The lowest BCUT2D eigenvalue weighted by Gasteiger charge is -2.09. The second kappa shape index (κ2) is 9.89. The molecule has 0 saturated heterocycles. The number of benzene rings is 2. The van der Waals surface area contributed by atoms with Crippen LogP contribution in [0.2, 0.25) is 5.02 Å². The van der Waals surface area contributed by atoms with E-state index in [1.54, 1.807) is 18.3 Å². The molecule has 1 heterocycles. The summed E-state index contributed by atoms with van der Waals surface area (Å²) in [7, 11) is 0. The molecule has 0 fully saturated rings. The maximum Gasteiger partial charge on any atom is 0.276 e. The van der Waals surface area contributed by atoms with Gasteiger partial charge in [-0.05, 0) is 55.3 Å². The molecule has 0 unspecified atom stereocenters. The fourth-order valence-corrected chi connectivity index (χ4v) is 3.01. The van der Waals surface area contributed by atoms with Crippen molar-refractivity contribution in [3.8, 4) is 5.75 Å². The van der Waals surface area contributed by atoms with Gasteiger partial charge in [0.25, 0.3) is 11.5 Å². The number of carbonyl (C=O) groups is 1. The molecule has 1 N–H and O–H groups in total. The van der Waals surface area contributed by atoms with Crippen LogP contribution < -0.4 is 15.7 Å². The lowest BCUT2D eigenvalue weighted by Crippen LogP contribution is -2.31. The molecule has 7 heteroatoms. The van der Waals surface area contributed by atoms with E-state index in [4.69, 9.17) is 16.3 Å². The van der Waals surface area contributed by atoms with Crippen molar-refractivity contribution < 1.29 is 9.53 Å². The van der Waals surface area contributed by atoms with Crippen LogP contribution in [0.3, 0.4) is 0 Å². The van der Waals surface area contributed by atoms with Gasteiger partial charge in [-0.3, -0.25) is 9.59 Å². The van der Waals surface area contributed by atoms with Crippen LogP contribution in [-0.2, 0) is 6.54 Å². The third-order valence-corrected chi connectivity index (χ3v) is 4.54. The van der Waals surface area contributed by atoms with Crippen molar-refractivity contribution in [3.63, 3.8) is 0 Å². The molecule has 6 nitrogen and oxygen atoms in total. The molecule has 1 amide bonds. The largest absolute Gasteiger partial charge is 0.491 e. The highest BCUT2D eigenvalue weighted by atomic mass is 35.5. The summed E-state index contributed by atoms with van der Waals surface area (Å²) in [5.74, 6) is 0.130. The molecule has 0 saturated carbocycles. The zero-order chi connectivity index (χ0) is 21.5. The number of pyridine rings is 1. The van der Waals surface area contributed by atoms with E-state index in [9.17, 15) is 9.59 Å². The van der Waals surface area contributed by atoms with Gasteiger partial charge >= 0.3 is 0 Å². The van der Waals surface area contributed by atoms with Gasteiger partial charge in [0.05, 0.1) is 18.9 Å². The number of amides is 1. The van der Waals surface area contributed by atoms with Crippen LogP contribution in [0.1, 0.15) is 35.3 Å². The standard InChI is InChI=1S/C23H22ClN3O3/c1-16(2)30-19-9-5-7-17(13-19)14-25-26-22(28)20-10-6-12-27(23(20)29)15-18-8-3-4-11-21(18)24/h3-14,16H,15H2,1-2H3,(H,26,28)/b25-14-. The number of hydrazone groups is 1. The van der Waals surface area contributed by atoms with E-state index >= 15 is 0 Å². The van der Waals surface area contributed by atoms with E-state index < -0.39 is 11.5 Å². The average Bonchev–Trinajstić information content (AvgIpc) is 2.71. The summed E-state index contributed by atoms with van der Waals surface area (Å²) >= 11 is 6.17. The summed E-state index contributed by atoms with van der Waals surface area (Å²) in [6, 6.07) is 17.7. The Morgan fingerprint density at radius 3 is 2.73 bits per heavy atom. The smallest absolute Gasteiger partial charge is 0.276 e. The second-order valence-electron chi connectivity index (χ2n) is 6.88. The van der Waals surface area contributed by atoms with Crippen LogP contribution in [0.15, 0.2) is 76.8 Å².